The van der Waals surface area contributed by atoms with Crippen LogP contribution in [0.5, 0.6) is 5.75 Å². The molecule has 1 amide bonds. The van der Waals surface area contributed by atoms with E-state index in [4.69, 9.17) is 4.74 Å². The Bertz CT molecular complexity index is 1210. The average Bonchev–Trinajstić information content (AvgIpc) is 3.41. The van der Waals surface area contributed by atoms with Gasteiger partial charge in [0.05, 0.1) is 18.5 Å². The summed E-state index contributed by atoms with van der Waals surface area (Å²) in [5, 5.41) is 15.4. The van der Waals surface area contributed by atoms with Crippen LogP contribution in [0.15, 0.2) is 59.1 Å². The molecule has 0 aliphatic heterocycles. The van der Waals surface area contributed by atoms with E-state index in [1.165, 1.54) is 52.0 Å². The molecule has 32 heavy (non-hydrogen) atoms. The standard InChI is InChI=1S/C21H17F2N5O2S2/c1-2-30-17-11-28(16-9-7-15(23)8-10-16)27-18(17)19(29)24-20-25-26-21(32-20)31-12-13-3-5-14(22)6-4-13/h3-11H,2,12H2,1H3,(H,24,25,29). The molecule has 2 aromatic heterocycles. The van der Waals surface area contributed by atoms with Crippen molar-refractivity contribution in [2.24, 2.45) is 0 Å². The van der Waals surface area contributed by atoms with E-state index in [0.29, 0.717) is 33.3 Å². The Labute approximate surface area is 190 Å². The number of nitrogens with one attached hydrogen (secondary N) is 1. The van der Waals surface area contributed by atoms with Crippen LogP contribution in [0.25, 0.3) is 5.69 Å². The van der Waals surface area contributed by atoms with Crippen molar-refractivity contribution in [1.29, 1.82) is 0 Å². The number of hydrogen-bond donors (Lipinski definition) is 1. The highest BCUT2D eigenvalue weighted by molar-refractivity contribution is 8.00. The summed E-state index contributed by atoms with van der Waals surface area (Å²) in [6.45, 7) is 2.14. The highest BCUT2D eigenvalue weighted by atomic mass is 32.2. The molecule has 0 aliphatic rings. The van der Waals surface area contributed by atoms with E-state index in [-0.39, 0.29) is 17.3 Å². The zero-order chi connectivity index (χ0) is 22.5. The van der Waals surface area contributed by atoms with E-state index in [1.807, 2.05) is 0 Å². The van der Waals surface area contributed by atoms with Gasteiger partial charge in [-0.1, -0.05) is 35.2 Å². The Morgan fingerprint density at radius 1 is 1.09 bits per heavy atom. The molecular weight excluding hydrogens is 456 g/mol. The Morgan fingerprint density at radius 3 is 2.47 bits per heavy atom. The minimum atomic E-state index is -0.499. The number of carbonyl (C=O) groups is 1. The fourth-order valence-corrected chi connectivity index (χ4v) is 4.41. The van der Waals surface area contributed by atoms with Gasteiger partial charge in [-0.3, -0.25) is 10.1 Å². The van der Waals surface area contributed by atoms with Crippen molar-refractivity contribution in [2.75, 3.05) is 11.9 Å². The molecule has 164 valence electrons. The number of halogens is 2. The van der Waals surface area contributed by atoms with E-state index < -0.39 is 5.91 Å². The molecule has 7 nitrogen and oxygen atoms in total. The van der Waals surface area contributed by atoms with E-state index in [9.17, 15) is 13.6 Å². The third kappa shape index (κ3) is 5.29. The highest BCUT2D eigenvalue weighted by Crippen LogP contribution is 2.29. The molecule has 0 saturated heterocycles. The normalized spacial score (nSPS) is 10.8. The van der Waals surface area contributed by atoms with Gasteiger partial charge < -0.3 is 4.74 Å². The zero-order valence-corrected chi connectivity index (χ0v) is 18.4. The third-order valence-corrected chi connectivity index (χ3v) is 6.23. The average molecular weight is 474 g/mol. The number of anilines is 1. The molecule has 0 atom stereocenters. The predicted octanol–water partition coefficient (Wildman–Crippen LogP) is 4.95. The van der Waals surface area contributed by atoms with Gasteiger partial charge in [-0.15, -0.1) is 10.2 Å². The lowest BCUT2D eigenvalue weighted by atomic mass is 10.2. The smallest absolute Gasteiger partial charge is 0.281 e. The van der Waals surface area contributed by atoms with Crippen molar-refractivity contribution in [3.05, 3.63) is 77.6 Å². The van der Waals surface area contributed by atoms with Crippen LogP contribution in [0.1, 0.15) is 23.0 Å². The number of benzene rings is 2. The summed E-state index contributed by atoms with van der Waals surface area (Å²) in [5.74, 6) is -0.258. The van der Waals surface area contributed by atoms with Gasteiger partial charge in [0.2, 0.25) is 5.13 Å². The summed E-state index contributed by atoms with van der Waals surface area (Å²) < 4.78 is 33.9. The molecule has 2 aromatic carbocycles. The van der Waals surface area contributed by atoms with Crippen LogP contribution in [0.2, 0.25) is 0 Å². The minimum Gasteiger partial charge on any atom is -0.490 e. The van der Waals surface area contributed by atoms with Crippen LogP contribution in [0.4, 0.5) is 13.9 Å². The molecule has 11 heteroatoms. The number of carbonyl (C=O) groups excluding carboxylic acids is 1. The van der Waals surface area contributed by atoms with Crippen LogP contribution in [0.3, 0.4) is 0 Å². The monoisotopic (exact) mass is 473 g/mol. The molecule has 0 unspecified atom stereocenters. The predicted molar refractivity (Wildman–Crippen MR) is 119 cm³/mol. The maximum Gasteiger partial charge on any atom is 0.281 e. The van der Waals surface area contributed by atoms with Crippen molar-refractivity contribution >= 4 is 34.1 Å². The van der Waals surface area contributed by atoms with Crippen molar-refractivity contribution in [2.45, 2.75) is 17.0 Å². The number of aromatic nitrogens is 4. The topological polar surface area (TPSA) is 81.9 Å². The van der Waals surface area contributed by atoms with Gasteiger partial charge >= 0.3 is 0 Å². The van der Waals surface area contributed by atoms with Crippen LogP contribution in [0, 0.1) is 11.6 Å². The van der Waals surface area contributed by atoms with Gasteiger partial charge in [0.25, 0.3) is 5.91 Å². The maximum absolute atomic E-state index is 13.2. The summed E-state index contributed by atoms with van der Waals surface area (Å²) in [7, 11) is 0. The van der Waals surface area contributed by atoms with Gasteiger partial charge in [0.15, 0.2) is 15.8 Å². The van der Waals surface area contributed by atoms with Gasteiger partial charge in [-0.2, -0.15) is 5.10 Å². The Morgan fingerprint density at radius 2 is 1.78 bits per heavy atom. The van der Waals surface area contributed by atoms with Gasteiger partial charge in [-0.25, -0.2) is 13.5 Å². The van der Waals surface area contributed by atoms with Gasteiger partial charge in [0.1, 0.15) is 11.6 Å². The number of amides is 1. The minimum absolute atomic E-state index is 0.0758. The summed E-state index contributed by atoms with van der Waals surface area (Å²) in [6.07, 6.45) is 1.57. The first-order valence-corrected chi connectivity index (χ1v) is 11.3. The van der Waals surface area contributed by atoms with Crippen molar-refractivity contribution in [1.82, 2.24) is 20.0 Å². The third-order valence-electron chi connectivity index (χ3n) is 4.19. The first kappa shape index (κ1) is 21.9. The van der Waals surface area contributed by atoms with Gasteiger partial charge in [-0.05, 0) is 48.9 Å². The molecule has 0 aliphatic carbocycles. The number of hydrogen-bond acceptors (Lipinski definition) is 7. The highest BCUT2D eigenvalue weighted by Gasteiger charge is 2.20. The lowest BCUT2D eigenvalue weighted by Gasteiger charge is -2.02. The van der Waals surface area contributed by atoms with Crippen LogP contribution >= 0.6 is 23.1 Å². The summed E-state index contributed by atoms with van der Waals surface area (Å²) in [4.78, 5) is 12.8. The first-order valence-electron chi connectivity index (χ1n) is 9.52. The quantitative estimate of drug-likeness (QED) is 0.288. The number of ether oxygens (including phenoxy) is 1. The molecule has 0 fully saturated rings. The fourth-order valence-electron chi connectivity index (χ4n) is 2.70. The number of thioether (sulfide) groups is 1. The van der Waals surface area contributed by atoms with Crippen LogP contribution < -0.4 is 10.1 Å². The Hall–Kier alpha value is -3.31. The second-order valence-corrected chi connectivity index (χ2v) is 8.64. The van der Waals surface area contributed by atoms with Crippen LogP contribution in [-0.4, -0.2) is 32.5 Å². The number of rotatable bonds is 8. The second kappa shape index (κ2) is 9.88. The molecule has 0 bridgehead atoms. The molecule has 4 aromatic rings. The molecule has 1 N–H and O–H groups in total. The molecular formula is C21H17F2N5O2S2. The number of nitrogens with zero attached hydrogens (tertiary/aromatic N) is 4. The van der Waals surface area contributed by atoms with E-state index >= 15 is 0 Å². The summed E-state index contributed by atoms with van der Waals surface area (Å²) >= 11 is 2.65. The molecule has 2 heterocycles. The van der Waals surface area contributed by atoms with Gasteiger partial charge in [0, 0.05) is 5.75 Å². The lowest BCUT2D eigenvalue weighted by molar-refractivity contribution is 0.101. The van der Waals surface area contributed by atoms with E-state index in [0.717, 1.165) is 5.56 Å². The Balaban J connectivity index is 1.45. The maximum atomic E-state index is 13.2. The van der Waals surface area contributed by atoms with Crippen molar-refractivity contribution < 1.29 is 18.3 Å². The van der Waals surface area contributed by atoms with E-state index in [2.05, 4.69) is 20.6 Å². The fraction of sp³-hybridized carbons (Fsp3) is 0.143. The van der Waals surface area contributed by atoms with Crippen molar-refractivity contribution in [3.8, 4) is 11.4 Å². The first-order chi connectivity index (χ1) is 15.5. The SMILES string of the molecule is CCOc1cn(-c2ccc(F)cc2)nc1C(=O)Nc1nnc(SCc2ccc(F)cc2)s1. The molecule has 4 rings (SSSR count). The van der Waals surface area contributed by atoms with E-state index in [1.54, 1.807) is 37.4 Å². The Kier molecular flexibility index (Phi) is 6.76. The summed E-state index contributed by atoms with van der Waals surface area (Å²) in [6, 6.07) is 11.9. The zero-order valence-electron chi connectivity index (χ0n) is 16.8. The molecule has 0 spiro atoms. The lowest BCUT2D eigenvalue weighted by Crippen LogP contribution is -2.14. The second-order valence-electron chi connectivity index (χ2n) is 6.44. The van der Waals surface area contributed by atoms with Crippen molar-refractivity contribution in [3.63, 3.8) is 0 Å². The summed E-state index contributed by atoms with van der Waals surface area (Å²) in [5.41, 5.74) is 1.61. The van der Waals surface area contributed by atoms with Crippen LogP contribution in [-0.2, 0) is 5.75 Å². The molecule has 0 radical (unpaired) electrons. The largest absolute Gasteiger partial charge is 0.490 e. The molecule has 0 saturated carbocycles.